The molecule has 21 heavy (non-hydrogen) atoms. The zero-order valence-electron chi connectivity index (χ0n) is 11.0. The van der Waals surface area contributed by atoms with Crippen molar-refractivity contribution in [2.45, 2.75) is 15.6 Å². The van der Waals surface area contributed by atoms with Crippen LogP contribution in [0.3, 0.4) is 0 Å². The molecular weight excluding hydrogens is 348 g/mol. The normalized spacial score (nSPS) is 10.5. The van der Waals surface area contributed by atoms with E-state index in [1.807, 2.05) is 6.92 Å². The Kier molecular flexibility index (Phi) is 6.03. The quantitative estimate of drug-likeness (QED) is 0.736. The zero-order chi connectivity index (χ0) is 15.2. The number of aromatic nitrogens is 2. The fraction of sp³-hybridized carbons (Fsp3) is 0.273. The average molecular weight is 361 g/mol. The molecule has 2 rings (SSSR count). The van der Waals surface area contributed by atoms with E-state index in [4.69, 9.17) is 5.73 Å². The van der Waals surface area contributed by atoms with Gasteiger partial charge in [0, 0.05) is 0 Å². The molecule has 0 radical (unpaired) electrons. The standard InChI is InChI=1S/C11H12N4O2S4/c1-2-18-10-14-15-11(21-10)20-5-7(16)13-9-6(8(12)17)3-4-19-9/h3-4H,2,5H2,1H3,(H2,12,17)(H,13,16). The second-order valence-corrected chi connectivity index (χ2v) is 8.26. The number of rotatable bonds is 7. The number of anilines is 1. The number of hydrogen-bond donors (Lipinski definition) is 2. The summed E-state index contributed by atoms with van der Waals surface area (Å²) in [6.45, 7) is 2.05. The minimum atomic E-state index is -0.551. The van der Waals surface area contributed by atoms with Gasteiger partial charge in [0.05, 0.1) is 11.3 Å². The Morgan fingerprint density at radius 1 is 1.33 bits per heavy atom. The lowest BCUT2D eigenvalue weighted by atomic mass is 10.3. The predicted octanol–water partition coefficient (Wildman–Crippen LogP) is 2.54. The van der Waals surface area contributed by atoms with Crippen LogP contribution in [0.4, 0.5) is 5.00 Å². The highest BCUT2D eigenvalue weighted by Crippen LogP contribution is 2.29. The van der Waals surface area contributed by atoms with Gasteiger partial charge < -0.3 is 11.1 Å². The van der Waals surface area contributed by atoms with Gasteiger partial charge in [-0.25, -0.2) is 0 Å². The number of thiophene rings is 1. The molecule has 0 unspecified atom stereocenters. The molecule has 0 bridgehead atoms. The molecule has 0 atom stereocenters. The maximum Gasteiger partial charge on any atom is 0.251 e. The molecule has 2 aromatic rings. The number of nitrogens with zero attached hydrogens (tertiary/aromatic N) is 2. The van der Waals surface area contributed by atoms with Gasteiger partial charge in [0.2, 0.25) is 5.91 Å². The molecule has 0 saturated heterocycles. The fourth-order valence-electron chi connectivity index (χ4n) is 1.33. The van der Waals surface area contributed by atoms with Crippen molar-refractivity contribution in [2.75, 3.05) is 16.8 Å². The Balaban J connectivity index is 1.86. The second-order valence-electron chi connectivity index (χ2n) is 3.63. The van der Waals surface area contributed by atoms with Gasteiger partial charge in [-0.1, -0.05) is 41.8 Å². The number of thioether (sulfide) groups is 2. The number of carbonyl (C=O) groups is 2. The van der Waals surface area contributed by atoms with Gasteiger partial charge in [-0.05, 0) is 17.2 Å². The van der Waals surface area contributed by atoms with E-state index in [0.717, 1.165) is 14.4 Å². The molecule has 0 aliphatic heterocycles. The summed E-state index contributed by atoms with van der Waals surface area (Å²) in [5.41, 5.74) is 5.55. The van der Waals surface area contributed by atoms with E-state index >= 15 is 0 Å². The van der Waals surface area contributed by atoms with Gasteiger partial charge in [-0.2, -0.15) is 0 Å². The molecule has 0 aliphatic carbocycles. The molecule has 3 N–H and O–H groups in total. The molecule has 0 spiro atoms. The average Bonchev–Trinajstić information content (AvgIpc) is 3.06. The Bertz CT molecular complexity index is 640. The summed E-state index contributed by atoms with van der Waals surface area (Å²) in [5, 5.41) is 12.9. The molecule has 6 nitrogen and oxygen atoms in total. The van der Waals surface area contributed by atoms with E-state index in [9.17, 15) is 9.59 Å². The van der Waals surface area contributed by atoms with Crippen molar-refractivity contribution in [1.29, 1.82) is 0 Å². The summed E-state index contributed by atoms with van der Waals surface area (Å²) in [7, 11) is 0. The highest BCUT2D eigenvalue weighted by molar-refractivity contribution is 8.03. The van der Waals surface area contributed by atoms with Crippen molar-refractivity contribution in [3.63, 3.8) is 0 Å². The van der Waals surface area contributed by atoms with Crippen LogP contribution in [0.5, 0.6) is 0 Å². The molecule has 0 aromatic carbocycles. The lowest BCUT2D eigenvalue weighted by Crippen LogP contribution is -2.17. The third-order valence-electron chi connectivity index (χ3n) is 2.17. The lowest BCUT2D eigenvalue weighted by Gasteiger charge is -2.03. The van der Waals surface area contributed by atoms with Crippen molar-refractivity contribution in [2.24, 2.45) is 5.73 Å². The van der Waals surface area contributed by atoms with Crippen LogP contribution in [0.25, 0.3) is 0 Å². The van der Waals surface area contributed by atoms with Crippen LogP contribution >= 0.6 is 46.2 Å². The third kappa shape index (κ3) is 4.70. The van der Waals surface area contributed by atoms with Crippen LogP contribution < -0.4 is 11.1 Å². The minimum Gasteiger partial charge on any atom is -0.366 e. The fourth-order valence-corrected chi connectivity index (χ4v) is 4.85. The Labute approximate surface area is 137 Å². The minimum absolute atomic E-state index is 0.204. The Hall–Kier alpha value is -1.10. The van der Waals surface area contributed by atoms with Gasteiger partial charge in [-0.15, -0.1) is 21.5 Å². The lowest BCUT2D eigenvalue weighted by molar-refractivity contribution is -0.113. The van der Waals surface area contributed by atoms with E-state index in [1.165, 1.54) is 34.4 Å². The van der Waals surface area contributed by atoms with Gasteiger partial charge >= 0.3 is 0 Å². The van der Waals surface area contributed by atoms with Crippen molar-refractivity contribution in [3.05, 3.63) is 17.0 Å². The van der Waals surface area contributed by atoms with Gasteiger partial charge in [-0.3, -0.25) is 9.59 Å². The molecule has 112 valence electrons. The van der Waals surface area contributed by atoms with Gasteiger partial charge in [0.1, 0.15) is 5.00 Å². The topological polar surface area (TPSA) is 98.0 Å². The molecule has 2 heterocycles. The number of nitrogens with two attached hydrogens (primary N) is 1. The van der Waals surface area contributed by atoms with Crippen LogP contribution in [-0.4, -0.2) is 33.5 Å². The number of nitrogens with one attached hydrogen (secondary N) is 1. The van der Waals surface area contributed by atoms with Crippen LogP contribution in [0.2, 0.25) is 0 Å². The van der Waals surface area contributed by atoms with Crippen LogP contribution in [0.1, 0.15) is 17.3 Å². The molecule has 10 heteroatoms. The first kappa shape index (κ1) is 16.3. The van der Waals surface area contributed by atoms with E-state index in [1.54, 1.807) is 23.2 Å². The largest absolute Gasteiger partial charge is 0.366 e. The molecule has 0 saturated carbocycles. The first-order valence-corrected chi connectivity index (χ1v) is 9.53. The number of amides is 2. The maximum absolute atomic E-state index is 11.9. The first-order valence-electron chi connectivity index (χ1n) is 5.86. The van der Waals surface area contributed by atoms with E-state index in [2.05, 4.69) is 15.5 Å². The summed E-state index contributed by atoms with van der Waals surface area (Å²) >= 11 is 5.68. The Morgan fingerprint density at radius 2 is 2.05 bits per heavy atom. The molecular formula is C11H12N4O2S4. The monoisotopic (exact) mass is 360 g/mol. The summed E-state index contributed by atoms with van der Waals surface area (Å²) in [4.78, 5) is 23.0. The van der Waals surface area contributed by atoms with Crippen molar-refractivity contribution in [3.8, 4) is 0 Å². The third-order valence-corrected chi connectivity index (χ3v) is 6.07. The van der Waals surface area contributed by atoms with Crippen LogP contribution in [0.15, 0.2) is 20.1 Å². The Morgan fingerprint density at radius 3 is 2.71 bits per heavy atom. The van der Waals surface area contributed by atoms with Crippen LogP contribution in [0, 0.1) is 0 Å². The van der Waals surface area contributed by atoms with E-state index in [0.29, 0.717) is 10.6 Å². The summed E-state index contributed by atoms with van der Waals surface area (Å²) in [5.74, 6) is 0.393. The molecule has 0 fully saturated rings. The van der Waals surface area contributed by atoms with Crippen molar-refractivity contribution < 1.29 is 9.59 Å². The highest BCUT2D eigenvalue weighted by Gasteiger charge is 2.13. The van der Waals surface area contributed by atoms with Gasteiger partial charge in [0.25, 0.3) is 5.91 Å². The number of carbonyl (C=O) groups excluding carboxylic acids is 2. The predicted molar refractivity (Wildman–Crippen MR) is 88.5 cm³/mol. The summed E-state index contributed by atoms with van der Waals surface area (Å²) in [6.07, 6.45) is 0. The van der Waals surface area contributed by atoms with E-state index in [-0.39, 0.29) is 11.7 Å². The van der Waals surface area contributed by atoms with Crippen molar-refractivity contribution >= 4 is 63.0 Å². The SMILES string of the molecule is CCSc1nnc(SCC(=O)Nc2sccc2C(N)=O)s1. The van der Waals surface area contributed by atoms with Crippen molar-refractivity contribution in [1.82, 2.24) is 10.2 Å². The van der Waals surface area contributed by atoms with Crippen LogP contribution in [-0.2, 0) is 4.79 Å². The molecule has 2 amide bonds. The number of hydrogen-bond acceptors (Lipinski definition) is 8. The maximum atomic E-state index is 11.9. The zero-order valence-corrected chi connectivity index (χ0v) is 14.3. The highest BCUT2D eigenvalue weighted by atomic mass is 32.2. The molecule has 0 aliphatic rings. The summed E-state index contributed by atoms with van der Waals surface area (Å²) < 4.78 is 1.65. The van der Waals surface area contributed by atoms with Gasteiger partial charge in [0.15, 0.2) is 8.68 Å². The smallest absolute Gasteiger partial charge is 0.251 e. The summed E-state index contributed by atoms with van der Waals surface area (Å²) in [6, 6.07) is 1.59. The second kappa shape index (κ2) is 7.78. The number of primary amides is 1. The van der Waals surface area contributed by atoms with E-state index < -0.39 is 5.91 Å². The molecule has 2 aromatic heterocycles. The first-order chi connectivity index (χ1) is 10.1.